The first kappa shape index (κ1) is 12.0. The van der Waals surface area contributed by atoms with E-state index in [-0.39, 0.29) is 11.1 Å². The zero-order valence-corrected chi connectivity index (χ0v) is 8.28. The molecule has 0 saturated carbocycles. The van der Waals surface area contributed by atoms with Crippen molar-refractivity contribution in [1.82, 2.24) is 4.98 Å². The Bertz CT molecular complexity index is 469. The molecule has 0 aromatic carbocycles. The molecule has 1 aromatic rings. The standard InChI is InChI=1S/C9H7F2N3O2/c1-5-4-13-9(14(15)16)6(2-3-12)7(5)8(10)11/h4,8H,2H2,1H3. The second kappa shape index (κ2) is 4.61. The predicted octanol–water partition coefficient (Wildman–Crippen LogP) is 2.30. The van der Waals surface area contributed by atoms with Gasteiger partial charge >= 0.3 is 5.82 Å². The number of hydrogen-bond donors (Lipinski definition) is 0. The molecule has 7 heteroatoms. The van der Waals surface area contributed by atoms with E-state index in [4.69, 9.17) is 5.26 Å². The molecule has 0 saturated heterocycles. The van der Waals surface area contributed by atoms with E-state index in [0.717, 1.165) is 6.20 Å². The maximum atomic E-state index is 12.7. The molecule has 0 bridgehead atoms. The molecule has 0 atom stereocenters. The van der Waals surface area contributed by atoms with Crippen LogP contribution in [0.25, 0.3) is 0 Å². The van der Waals surface area contributed by atoms with Crippen molar-refractivity contribution < 1.29 is 13.7 Å². The average Bonchev–Trinajstić information content (AvgIpc) is 2.17. The Balaban J connectivity index is 3.50. The number of nitriles is 1. The molecule has 16 heavy (non-hydrogen) atoms. The van der Waals surface area contributed by atoms with Gasteiger partial charge in [-0.3, -0.25) is 0 Å². The summed E-state index contributed by atoms with van der Waals surface area (Å²) in [4.78, 5) is 13.2. The van der Waals surface area contributed by atoms with Gasteiger partial charge in [0.1, 0.15) is 6.20 Å². The van der Waals surface area contributed by atoms with Crippen molar-refractivity contribution in [2.24, 2.45) is 0 Å². The van der Waals surface area contributed by atoms with Crippen molar-refractivity contribution in [2.45, 2.75) is 19.8 Å². The summed E-state index contributed by atoms with van der Waals surface area (Å²) >= 11 is 0. The van der Waals surface area contributed by atoms with Crippen molar-refractivity contribution in [3.8, 4) is 6.07 Å². The molecule has 0 aliphatic rings. The van der Waals surface area contributed by atoms with Gasteiger partial charge in [-0.2, -0.15) is 5.26 Å². The lowest BCUT2D eigenvalue weighted by Crippen LogP contribution is -2.05. The predicted molar refractivity (Wildman–Crippen MR) is 49.9 cm³/mol. The molecule has 0 fully saturated rings. The van der Waals surface area contributed by atoms with E-state index in [0.29, 0.717) is 0 Å². The lowest BCUT2D eigenvalue weighted by atomic mass is 10.0. The SMILES string of the molecule is Cc1cnc([N+](=O)[O-])c(CC#N)c1C(F)F. The summed E-state index contributed by atoms with van der Waals surface area (Å²) in [5.74, 6) is -0.678. The zero-order chi connectivity index (χ0) is 12.3. The van der Waals surface area contributed by atoms with Gasteiger partial charge < -0.3 is 10.1 Å². The Morgan fingerprint density at radius 3 is 2.75 bits per heavy atom. The lowest BCUT2D eigenvalue weighted by Gasteiger charge is -2.08. The van der Waals surface area contributed by atoms with Gasteiger partial charge in [0, 0.05) is 11.1 Å². The highest BCUT2D eigenvalue weighted by Gasteiger charge is 2.26. The maximum absolute atomic E-state index is 12.7. The van der Waals surface area contributed by atoms with Gasteiger partial charge in [-0.15, -0.1) is 0 Å². The van der Waals surface area contributed by atoms with Gasteiger partial charge in [-0.05, 0) is 16.8 Å². The molecule has 0 radical (unpaired) electrons. The number of nitro groups is 1. The lowest BCUT2D eigenvalue weighted by molar-refractivity contribution is -0.390. The Hall–Kier alpha value is -2.10. The van der Waals surface area contributed by atoms with Crippen LogP contribution in [0.15, 0.2) is 6.20 Å². The molecule has 0 spiro atoms. The molecule has 84 valence electrons. The van der Waals surface area contributed by atoms with Gasteiger partial charge in [0.15, 0.2) is 0 Å². The van der Waals surface area contributed by atoms with E-state index in [9.17, 15) is 18.9 Å². The third-order valence-corrected chi connectivity index (χ3v) is 2.05. The number of alkyl halides is 2. The highest BCUT2D eigenvalue weighted by atomic mass is 19.3. The molecule has 1 aromatic heterocycles. The molecule has 5 nitrogen and oxygen atoms in total. The fraction of sp³-hybridized carbons (Fsp3) is 0.333. The van der Waals surface area contributed by atoms with Crippen LogP contribution in [0.5, 0.6) is 0 Å². The second-order valence-corrected chi connectivity index (χ2v) is 3.05. The average molecular weight is 227 g/mol. The highest BCUT2D eigenvalue weighted by Crippen LogP contribution is 2.31. The van der Waals surface area contributed by atoms with E-state index >= 15 is 0 Å². The minimum atomic E-state index is -2.86. The topological polar surface area (TPSA) is 79.8 Å². The molecule has 1 rings (SSSR count). The van der Waals surface area contributed by atoms with Crippen molar-refractivity contribution in [1.29, 1.82) is 5.26 Å². The molecule has 1 heterocycles. The summed E-state index contributed by atoms with van der Waals surface area (Å²) < 4.78 is 25.4. The van der Waals surface area contributed by atoms with Crippen LogP contribution < -0.4 is 0 Å². The molecule has 0 aliphatic heterocycles. The molecule has 0 N–H and O–H groups in total. The monoisotopic (exact) mass is 227 g/mol. The largest absolute Gasteiger partial charge is 0.368 e. The summed E-state index contributed by atoms with van der Waals surface area (Å²) in [6.45, 7) is 1.37. The quantitative estimate of drug-likeness (QED) is 0.586. The second-order valence-electron chi connectivity index (χ2n) is 3.05. The van der Waals surface area contributed by atoms with E-state index in [1.807, 2.05) is 0 Å². The normalized spacial score (nSPS) is 10.2. The first-order chi connectivity index (χ1) is 7.49. The Morgan fingerprint density at radius 1 is 1.69 bits per heavy atom. The van der Waals surface area contributed by atoms with Crippen molar-refractivity contribution in [3.63, 3.8) is 0 Å². The number of rotatable bonds is 3. The summed E-state index contributed by atoms with van der Waals surface area (Å²) in [6, 6.07) is 1.62. The fourth-order valence-electron chi connectivity index (χ4n) is 1.38. The third-order valence-electron chi connectivity index (χ3n) is 2.05. The first-order valence-corrected chi connectivity index (χ1v) is 4.27. The molecular formula is C9H7F2N3O2. The van der Waals surface area contributed by atoms with Crippen LogP contribution in [0.4, 0.5) is 14.6 Å². The van der Waals surface area contributed by atoms with E-state index in [1.54, 1.807) is 6.07 Å². The number of hydrogen-bond acceptors (Lipinski definition) is 4. The number of pyridine rings is 1. The van der Waals surface area contributed by atoms with E-state index < -0.39 is 29.2 Å². The van der Waals surface area contributed by atoms with Crippen LogP contribution in [-0.2, 0) is 6.42 Å². The number of halogens is 2. The third kappa shape index (κ3) is 2.11. The summed E-state index contributed by atoms with van der Waals surface area (Å²) in [7, 11) is 0. The van der Waals surface area contributed by atoms with Crippen LogP contribution in [-0.4, -0.2) is 9.91 Å². The van der Waals surface area contributed by atoms with Crippen LogP contribution in [0.1, 0.15) is 23.1 Å². The van der Waals surface area contributed by atoms with Crippen LogP contribution in [0.2, 0.25) is 0 Å². The first-order valence-electron chi connectivity index (χ1n) is 4.27. The van der Waals surface area contributed by atoms with Crippen LogP contribution in [0.3, 0.4) is 0 Å². The van der Waals surface area contributed by atoms with Gasteiger partial charge in [0.25, 0.3) is 6.43 Å². The van der Waals surface area contributed by atoms with Crippen LogP contribution in [0, 0.1) is 28.4 Å². The van der Waals surface area contributed by atoms with Crippen molar-refractivity contribution >= 4 is 5.82 Å². The zero-order valence-electron chi connectivity index (χ0n) is 8.28. The molecular weight excluding hydrogens is 220 g/mol. The van der Waals surface area contributed by atoms with E-state index in [2.05, 4.69) is 4.98 Å². The summed E-state index contributed by atoms with van der Waals surface area (Å²) in [5.41, 5.74) is -0.628. The minimum Gasteiger partial charge on any atom is -0.358 e. The molecule has 0 aliphatic carbocycles. The number of aromatic nitrogens is 1. The van der Waals surface area contributed by atoms with Gasteiger partial charge in [-0.1, -0.05) is 0 Å². The molecule has 0 unspecified atom stereocenters. The fourth-order valence-corrected chi connectivity index (χ4v) is 1.38. The van der Waals surface area contributed by atoms with Gasteiger partial charge in [0.05, 0.1) is 18.1 Å². The number of aryl methyl sites for hydroxylation is 1. The van der Waals surface area contributed by atoms with Crippen molar-refractivity contribution in [2.75, 3.05) is 0 Å². The number of nitrogens with zero attached hydrogens (tertiary/aromatic N) is 3. The molecule has 0 amide bonds. The smallest absolute Gasteiger partial charge is 0.358 e. The maximum Gasteiger partial charge on any atom is 0.368 e. The van der Waals surface area contributed by atoms with E-state index in [1.165, 1.54) is 6.92 Å². The van der Waals surface area contributed by atoms with Gasteiger partial charge in [-0.25, -0.2) is 8.78 Å². The van der Waals surface area contributed by atoms with Crippen molar-refractivity contribution in [3.05, 3.63) is 33.0 Å². The van der Waals surface area contributed by atoms with Gasteiger partial charge in [0.2, 0.25) is 0 Å². The highest BCUT2D eigenvalue weighted by molar-refractivity contribution is 5.45. The Labute approximate surface area is 89.5 Å². The summed E-state index contributed by atoms with van der Waals surface area (Å²) in [6.07, 6.45) is -2.30. The Kier molecular flexibility index (Phi) is 3.45. The minimum absolute atomic E-state index is 0.144. The Morgan fingerprint density at radius 2 is 2.31 bits per heavy atom. The van der Waals surface area contributed by atoms with Crippen LogP contribution >= 0.6 is 0 Å². The summed E-state index contributed by atoms with van der Waals surface area (Å²) in [5, 5.41) is 19.0.